The molecule has 1 N–H and O–H groups in total. The molecule has 0 radical (unpaired) electrons. The summed E-state index contributed by atoms with van der Waals surface area (Å²) >= 11 is 1.37. The first-order valence-electron chi connectivity index (χ1n) is 7.48. The molecule has 1 unspecified atom stereocenters. The maximum Gasteiger partial charge on any atom is 0.252 e. The number of nitrogens with one attached hydrogen (secondary N) is 1. The van der Waals surface area contributed by atoms with Crippen LogP contribution >= 0.6 is 11.3 Å². The first-order chi connectivity index (χ1) is 10.5. The van der Waals surface area contributed by atoms with Gasteiger partial charge in [-0.3, -0.25) is 5.10 Å². The molecule has 0 spiro atoms. The standard InChI is InChI=1S/C14H20N4O2S2/c1-3-12-6-7-13(21-12)22(19,20)18-8-4-5-11(9-18)14-15-10(2)16-17-14/h6-7,11H,3-5,8-9H2,1-2H3,(H,15,16,17). The molecular weight excluding hydrogens is 320 g/mol. The second-order valence-electron chi connectivity index (χ2n) is 5.56. The van der Waals surface area contributed by atoms with Gasteiger partial charge in [0.1, 0.15) is 10.0 Å². The number of nitrogens with zero attached hydrogens (tertiary/aromatic N) is 3. The Labute approximate surface area is 134 Å². The number of piperidine rings is 1. The zero-order valence-corrected chi connectivity index (χ0v) is 14.4. The molecular formula is C14H20N4O2S2. The van der Waals surface area contributed by atoms with E-state index >= 15 is 0 Å². The Balaban J connectivity index is 1.81. The highest BCUT2D eigenvalue weighted by Crippen LogP contribution is 2.31. The van der Waals surface area contributed by atoms with Crippen molar-refractivity contribution in [2.75, 3.05) is 13.1 Å². The van der Waals surface area contributed by atoms with Gasteiger partial charge in [0.05, 0.1) is 0 Å². The molecule has 0 amide bonds. The zero-order valence-electron chi connectivity index (χ0n) is 12.7. The zero-order chi connectivity index (χ0) is 15.7. The molecule has 1 aliphatic heterocycles. The van der Waals surface area contributed by atoms with Gasteiger partial charge in [0.2, 0.25) is 0 Å². The number of H-pyrrole nitrogens is 1. The van der Waals surface area contributed by atoms with Crippen molar-refractivity contribution in [2.45, 2.75) is 43.2 Å². The minimum Gasteiger partial charge on any atom is -0.263 e. The molecule has 1 fully saturated rings. The Morgan fingerprint density at radius 2 is 2.27 bits per heavy atom. The molecule has 1 aliphatic rings. The maximum absolute atomic E-state index is 12.8. The molecule has 2 aromatic rings. The van der Waals surface area contributed by atoms with Crippen LogP contribution in [-0.4, -0.2) is 41.0 Å². The second kappa shape index (κ2) is 6.10. The summed E-state index contributed by atoms with van der Waals surface area (Å²) in [6.45, 7) is 4.91. The van der Waals surface area contributed by atoms with Crippen molar-refractivity contribution < 1.29 is 8.42 Å². The molecule has 3 heterocycles. The van der Waals surface area contributed by atoms with Crippen molar-refractivity contribution in [3.8, 4) is 0 Å². The van der Waals surface area contributed by atoms with E-state index in [-0.39, 0.29) is 5.92 Å². The van der Waals surface area contributed by atoms with E-state index < -0.39 is 10.0 Å². The van der Waals surface area contributed by atoms with Crippen molar-refractivity contribution >= 4 is 21.4 Å². The van der Waals surface area contributed by atoms with Crippen LogP contribution in [0, 0.1) is 6.92 Å². The monoisotopic (exact) mass is 340 g/mol. The fraction of sp³-hybridized carbons (Fsp3) is 0.571. The highest BCUT2D eigenvalue weighted by molar-refractivity contribution is 7.91. The lowest BCUT2D eigenvalue weighted by molar-refractivity contribution is 0.310. The van der Waals surface area contributed by atoms with E-state index in [1.54, 1.807) is 10.4 Å². The Morgan fingerprint density at radius 3 is 2.91 bits per heavy atom. The summed E-state index contributed by atoms with van der Waals surface area (Å²) in [5.74, 6) is 1.55. The van der Waals surface area contributed by atoms with Gasteiger partial charge in [0.15, 0.2) is 5.82 Å². The van der Waals surface area contributed by atoms with Gasteiger partial charge < -0.3 is 0 Å². The first kappa shape index (κ1) is 15.6. The van der Waals surface area contributed by atoms with Crippen LogP contribution in [0.4, 0.5) is 0 Å². The average molecular weight is 340 g/mol. The SMILES string of the molecule is CCc1ccc(S(=O)(=O)N2CCCC(c3n[nH]c(C)n3)C2)s1. The lowest BCUT2D eigenvalue weighted by atomic mass is 9.99. The summed E-state index contributed by atoms with van der Waals surface area (Å²) in [6, 6.07) is 3.62. The molecule has 0 saturated carbocycles. The summed E-state index contributed by atoms with van der Waals surface area (Å²) in [6.07, 6.45) is 2.62. The van der Waals surface area contributed by atoms with Gasteiger partial charge in [0.25, 0.3) is 10.0 Å². The number of thiophene rings is 1. The van der Waals surface area contributed by atoms with E-state index in [9.17, 15) is 8.42 Å². The number of rotatable bonds is 4. The lowest BCUT2D eigenvalue weighted by Gasteiger charge is -2.30. The Morgan fingerprint density at radius 1 is 1.45 bits per heavy atom. The third kappa shape index (κ3) is 2.95. The van der Waals surface area contributed by atoms with Crippen LogP contribution in [-0.2, 0) is 16.4 Å². The average Bonchev–Trinajstić information content (AvgIpc) is 3.16. The fourth-order valence-corrected chi connectivity index (χ4v) is 5.70. The second-order valence-corrected chi connectivity index (χ2v) is 8.89. The third-order valence-electron chi connectivity index (χ3n) is 3.94. The minimum absolute atomic E-state index is 0.0686. The van der Waals surface area contributed by atoms with E-state index in [4.69, 9.17) is 0 Å². The van der Waals surface area contributed by atoms with Crippen molar-refractivity contribution in [1.29, 1.82) is 0 Å². The van der Waals surface area contributed by atoms with Gasteiger partial charge in [-0.2, -0.15) is 9.40 Å². The molecule has 6 nitrogen and oxygen atoms in total. The van der Waals surface area contributed by atoms with Crippen molar-refractivity contribution in [1.82, 2.24) is 19.5 Å². The van der Waals surface area contributed by atoms with Crippen LogP contribution in [0.25, 0.3) is 0 Å². The fourth-order valence-electron chi connectivity index (χ4n) is 2.73. The predicted molar refractivity (Wildman–Crippen MR) is 85.6 cm³/mol. The number of aromatic amines is 1. The van der Waals surface area contributed by atoms with E-state index in [1.807, 2.05) is 19.9 Å². The Kier molecular flexibility index (Phi) is 4.33. The minimum atomic E-state index is -3.40. The normalized spacial score (nSPS) is 20.4. The van der Waals surface area contributed by atoms with E-state index in [1.165, 1.54) is 11.3 Å². The summed E-state index contributed by atoms with van der Waals surface area (Å²) in [4.78, 5) is 5.45. The highest BCUT2D eigenvalue weighted by atomic mass is 32.2. The molecule has 2 aromatic heterocycles. The predicted octanol–water partition coefficient (Wildman–Crippen LogP) is 2.31. The lowest BCUT2D eigenvalue weighted by Crippen LogP contribution is -2.39. The summed E-state index contributed by atoms with van der Waals surface area (Å²) in [5, 5.41) is 7.03. The van der Waals surface area contributed by atoms with Crippen molar-refractivity contribution in [3.05, 3.63) is 28.7 Å². The van der Waals surface area contributed by atoms with Crippen LogP contribution in [0.2, 0.25) is 0 Å². The molecule has 0 aromatic carbocycles. The van der Waals surface area contributed by atoms with Crippen LogP contribution in [0.5, 0.6) is 0 Å². The topological polar surface area (TPSA) is 79.0 Å². The van der Waals surface area contributed by atoms with Crippen molar-refractivity contribution in [2.24, 2.45) is 0 Å². The Bertz CT molecular complexity index is 750. The molecule has 22 heavy (non-hydrogen) atoms. The van der Waals surface area contributed by atoms with Crippen molar-refractivity contribution in [3.63, 3.8) is 0 Å². The van der Waals surface area contributed by atoms with Crippen LogP contribution in [0.3, 0.4) is 0 Å². The quantitative estimate of drug-likeness (QED) is 0.926. The van der Waals surface area contributed by atoms with Gasteiger partial charge in [0, 0.05) is 23.9 Å². The molecule has 0 aliphatic carbocycles. The van der Waals surface area contributed by atoms with E-state index in [0.29, 0.717) is 17.3 Å². The first-order valence-corrected chi connectivity index (χ1v) is 9.74. The summed E-state index contributed by atoms with van der Waals surface area (Å²) in [7, 11) is -3.40. The Hall–Kier alpha value is -1.25. The summed E-state index contributed by atoms with van der Waals surface area (Å²) < 4.78 is 27.6. The van der Waals surface area contributed by atoms with Gasteiger partial charge in [-0.15, -0.1) is 11.3 Å². The van der Waals surface area contributed by atoms with Crippen LogP contribution < -0.4 is 0 Å². The molecule has 3 rings (SSSR count). The molecule has 1 atom stereocenters. The highest BCUT2D eigenvalue weighted by Gasteiger charge is 2.33. The largest absolute Gasteiger partial charge is 0.263 e. The third-order valence-corrected chi connectivity index (χ3v) is 7.51. The van der Waals surface area contributed by atoms with E-state index in [0.717, 1.165) is 35.8 Å². The number of hydrogen-bond donors (Lipinski definition) is 1. The molecule has 120 valence electrons. The number of sulfonamides is 1. The van der Waals surface area contributed by atoms with Crippen LogP contribution in [0.15, 0.2) is 16.3 Å². The van der Waals surface area contributed by atoms with Gasteiger partial charge in [-0.05, 0) is 38.3 Å². The number of hydrogen-bond acceptors (Lipinski definition) is 5. The number of aromatic nitrogens is 3. The van der Waals surface area contributed by atoms with Gasteiger partial charge in [-0.1, -0.05) is 6.92 Å². The van der Waals surface area contributed by atoms with Gasteiger partial charge in [-0.25, -0.2) is 13.4 Å². The maximum atomic E-state index is 12.8. The van der Waals surface area contributed by atoms with Crippen LogP contribution in [0.1, 0.15) is 42.2 Å². The summed E-state index contributed by atoms with van der Waals surface area (Å²) in [5.41, 5.74) is 0. The molecule has 1 saturated heterocycles. The number of aryl methyl sites for hydroxylation is 2. The van der Waals surface area contributed by atoms with E-state index in [2.05, 4.69) is 15.2 Å². The van der Waals surface area contributed by atoms with Gasteiger partial charge >= 0.3 is 0 Å². The smallest absolute Gasteiger partial charge is 0.252 e. The molecule has 8 heteroatoms. The molecule has 0 bridgehead atoms.